The van der Waals surface area contributed by atoms with Gasteiger partial charge in [-0.05, 0) is 0 Å². The molecule has 0 heterocycles. The van der Waals surface area contributed by atoms with Crippen molar-refractivity contribution < 1.29 is 23.9 Å². The van der Waals surface area contributed by atoms with Crippen molar-refractivity contribution in [3.63, 3.8) is 0 Å². The van der Waals surface area contributed by atoms with Gasteiger partial charge in [-0.15, -0.1) is 0 Å². The van der Waals surface area contributed by atoms with Crippen LogP contribution >= 0.6 is 0 Å². The van der Waals surface area contributed by atoms with Crippen molar-refractivity contribution in [1.29, 1.82) is 5.26 Å². The second kappa shape index (κ2) is 21.8. The van der Waals surface area contributed by atoms with Crippen LogP contribution in [-0.4, -0.2) is 48.9 Å². The molecule has 0 aromatic carbocycles. The molecule has 0 saturated heterocycles. The van der Waals surface area contributed by atoms with Gasteiger partial charge in [0.05, 0.1) is 0 Å². The van der Waals surface area contributed by atoms with Crippen LogP contribution in [0, 0.1) is 11.8 Å². The van der Waals surface area contributed by atoms with Gasteiger partial charge in [-0.3, -0.25) is 0 Å². The van der Waals surface area contributed by atoms with Crippen LogP contribution in [0.4, 0.5) is 0 Å². The Hall–Kier alpha value is 1.75. The van der Waals surface area contributed by atoms with Gasteiger partial charge < -0.3 is 2.85 Å². The van der Waals surface area contributed by atoms with Crippen LogP contribution in [0.1, 0.15) is 2.85 Å². The first kappa shape index (κ1) is 17.2. The van der Waals surface area contributed by atoms with Crippen molar-refractivity contribution in [3.8, 4) is 6.57 Å². The maximum atomic E-state index is 6.50. The number of hydrogen-bond donors (Lipinski definition) is 0. The van der Waals surface area contributed by atoms with Gasteiger partial charge in [0.2, 0.25) is 0 Å². The van der Waals surface area contributed by atoms with Crippen molar-refractivity contribution in [1.82, 2.24) is 0 Å². The number of nitriles is 1. The Morgan fingerprint density at radius 1 is 1.50 bits per heavy atom. The zero-order valence-corrected chi connectivity index (χ0v) is 8.76. The first-order valence-electron chi connectivity index (χ1n) is 0.258. The van der Waals surface area contributed by atoms with Crippen LogP contribution in [0.5, 0.6) is 0 Å². The standard InChI is InChI=1S/CHN.Ba.Pt.2H/c1-2;;;;/h1H;;;;/q;+2;;2*-1. The van der Waals surface area contributed by atoms with Crippen molar-refractivity contribution in [2.75, 3.05) is 0 Å². The van der Waals surface area contributed by atoms with Gasteiger partial charge in [-0.2, -0.15) is 0 Å². The molecule has 0 bridgehead atoms. The molecular formula is CH3BaNPt. The Kier molecular flexibility index (Phi) is 93.6. The van der Waals surface area contributed by atoms with Crippen molar-refractivity contribution in [2.45, 2.75) is 0 Å². The Morgan fingerprint density at radius 2 is 1.50 bits per heavy atom. The molecule has 4 heavy (non-hydrogen) atoms. The Bertz CT molecular complexity index is 18.3. The van der Waals surface area contributed by atoms with E-state index in [4.69, 9.17) is 5.26 Å². The van der Waals surface area contributed by atoms with Crippen LogP contribution in [-0.2, 0) is 21.1 Å². The first-order valence-corrected chi connectivity index (χ1v) is 0.258. The normalized spacial score (nSPS) is 0.500. The van der Waals surface area contributed by atoms with Gasteiger partial charge in [-0.25, -0.2) is 5.26 Å². The largest absolute Gasteiger partial charge is 2.00 e. The van der Waals surface area contributed by atoms with Crippen molar-refractivity contribution >= 4 is 48.9 Å². The van der Waals surface area contributed by atoms with Gasteiger partial charge in [0.25, 0.3) is 0 Å². The van der Waals surface area contributed by atoms with Gasteiger partial charge in [0, 0.05) is 27.6 Å². The van der Waals surface area contributed by atoms with Gasteiger partial charge >= 0.3 is 48.9 Å². The molecule has 0 saturated carbocycles. The minimum Gasteiger partial charge on any atom is -1.00 e. The fraction of sp³-hybridized carbons (Fsp3) is 0. The maximum absolute atomic E-state index is 6.50. The predicted molar refractivity (Wildman–Crippen MR) is 14.6 cm³/mol. The molecule has 0 aliphatic heterocycles. The second-order valence-electron chi connectivity index (χ2n) is 0. The minimum absolute atomic E-state index is 0. The summed E-state index contributed by atoms with van der Waals surface area (Å²) in [5.74, 6) is 0. The van der Waals surface area contributed by atoms with Crippen LogP contribution in [0.25, 0.3) is 0 Å². The molecule has 3 heteroatoms. The SMILES string of the molecule is C#N.[Ba+2].[H-].[H-].[Pt]. The summed E-state index contributed by atoms with van der Waals surface area (Å²) < 4.78 is 0. The molecule has 0 aromatic rings. The summed E-state index contributed by atoms with van der Waals surface area (Å²) in [6, 6.07) is 0. The monoisotopic (exact) mass is 362 g/mol. The van der Waals surface area contributed by atoms with Crippen LogP contribution < -0.4 is 0 Å². The van der Waals surface area contributed by atoms with E-state index in [1.54, 1.807) is 0 Å². The fourth-order valence-electron chi connectivity index (χ4n) is 0. The molecule has 0 rings (SSSR count). The topological polar surface area (TPSA) is 23.8 Å². The Labute approximate surface area is 83.1 Å². The molecule has 0 fully saturated rings. The fourth-order valence-corrected chi connectivity index (χ4v) is 0. The quantitative estimate of drug-likeness (QED) is 0.557. The maximum Gasteiger partial charge on any atom is 2.00 e. The van der Waals surface area contributed by atoms with Gasteiger partial charge in [-0.1, -0.05) is 0 Å². The summed E-state index contributed by atoms with van der Waals surface area (Å²) in [6.45, 7) is 3.50. The van der Waals surface area contributed by atoms with E-state index in [1.165, 1.54) is 0 Å². The predicted octanol–water partition coefficient (Wildman–Crippen LogP) is -0.0185. The van der Waals surface area contributed by atoms with E-state index in [9.17, 15) is 0 Å². The van der Waals surface area contributed by atoms with Crippen molar-refractivity contribution in [2.24, 2.45) is 0 Å². The summed E-state index contributed by atoms with van der Waals surface area (Å²) in [5.41, 5.74) is 0. The molecule has 0 radical (unpaired) electrons. The molecule has 0 amide bonds. The zero-order chi connectivity index (χ0) is 2.00. The summed E-state index contributed by atoms with van der Waals surface area (Å²) in [6.07, 6.45) is 0. The van der Waals surface area contributed by atoms with Crippen molar-refractivity contribution in [3.05, 3.63) is 0 Å². The first-order chi connectivity index (χ1) is 1.00. The molecule has 0 atom stereocenters. The van der Waals surface area contributed by atoms with E-state index in [-0.39, 0.29) is 72.8 Å². The molecular weight excluding hydrogens is 358 g/mol. The number of nitrogens with zero attached hydrogens (tertiary/aromatic N) is 1. The van der Waals surface area contributed by atoms with E-state index in [1.807, 2.05) is 0 Å². The number of rotatable bonds is 0. The molecule has 1 nitrogen and oxygen atoms in total. The van der Waals surface area contributed by atoms with E-state index in [0.29, 0.717) is 0 Å². The third-order valence-electron chi connectivity index (χ3n) is 0. The number of hydrogen-bond acceptors (Lipinski definition) is 1. The van der Waals surface area contributed by atoms with Crippen LogP contribution in [0.2, 0.25) is 0 Å². The minimum atomic E-state index is 0. The third-order valence-corrected chi connectivity index (χ3v) is 0. The van der Waals surface area contributed by atoms with E-state index >= 15 is 0 Å². The molecule has 0 aromatic heterocycles. The Balaban J connectivity index is -0.000000000833. The molecule has 24 valence electrons. The van der Waals surface area contributed by atoms with Crippen LogP contribution in [0.3, 0.4) is 0 Å². The van der Waals surface area contributed by atoms with E-state index in [0.717, 1.165) is 0 Å². The van der Waals surface area contributed by atoms with E-state index in [2.05, 4.69) is 6.57 Å². The summed E-state index contributed by atoms with van der Waals surface area (Å²) in [7, 11) is 0. The molecule has 0 N–H and O–H groups in total. The third kappa shape index (κ3) is 9.26. The summed E-state index contributed by atoms with van der Waals surface area (Å²) in [5, 5.41) is 6.50. The van der Waals surface area contributed by atoms with E-state index < -0.39 is 0 Å². The average Bonchev–Trinajstić information content (AvgIpc) is 1.00. The zero-order valence-electron chi connectivity index (χ0n) is 4.05. The van der Waals surface area contributed by atoms with Gasteiger partial charge in [0.1, 0.15) is 0 Å². The molecule has 0 spiro atoms. The molecule has 0 aliphatic rings. The molecule has 0 aliphatic carbocycles. The molecule has 0 unspecified atom stereocenters. The summed E-state index contributed by atoms with van der Waals surface area (Å²) >= 11 is 0. The summed E-state index contributed by atoms with van der Waals surface area (Å²) in [4.78, 5) is 0. The van der Waals surface area contributed by atoms with Gasteiger partial charge in [0.15, 0.2) is 0 Å². The smallest absolute Gasteiger partial charge is 1.00 e. The van der Waals surface area contributed by atoms with Crippen LogP contribution in [0.15, 0.2) is 0 Å². The second-order valence-corrected chi connectivity index (χ2v) is 0. The average molecular weight is 361 g/mol. The Morgan fingerprint density at radius 3 is 1.50 bits per heavy atom.